The minimum atomic E-state index is 0.0429. The van der Waals surface area contributed by atoms with Crippen molar-refractivity contribution in [2.24, 2.45) is 0 Å². The monoisotopic (exact) mass is 170 g/mol. The van der Waals surface area contributed by atoms with Crippen LogP contribution < -0.4 is 0 Å². The fraction of sp³-hybridized carbons (Fsp3) is 0.125. The number of hydrogen-bond acceptors (Lipinski definition) is 2. The van der Waals surface area contributed by atoms with Crippen LogP contribution in [0.4, 0.5) is 0 Å². The Kier molecular flexibility index (Phi) is 2.49. The van der Waals surface area contributed by atoms with Gasteiger partial charge in [0.1, 0.15) is 12.0 Å². The molecule has 58 valence electrons. The molecule has 0 amide bonds. The van der Waals surface area contributed by atoms with E-state index in [0.717, 1.165) is 11.8 Å². The lowest BCUT2D eigenvalue weighted by atomic mass is 10.2. The highest BCUT2D eigenvalue weighted by atomic mass is 35.5. The van der Waals surface area contributed by atoms with E-state index in [-0.39, 0.29) is 10.8 Å². The quantitative estimate of drug-likeness (QED) is 0.688. The number of rotatable bonds is 2. The van der Waals surface area contributed by atoms with Gasteiger partial charge in [-0.2, -0.15) is 0 Å². The molecule has 0 radical (unpaired) electrons. The van der Waals surface area contributed by atoms with Crippen LogP contribution in [0.15, 0.2) is 18.2 Å². The van der Waals surface area contributed by atoms with Gasteiger partial charge in [0.2, 0.25) is 0 Å². The zero-order valence-electron chi connectivity index (χ0n) is 5.75. The average molecular weight is 171 g/mol. The van der Waals surface area contributed by atoms with Gasteiger partial charge < -0.3 is 9.90 Å². The zero-order valence-corrected chi connectivity index (χ0v) is 6.51. The van der Waals surface area contributed by atoms with Crippen LogP contribution in [-0.4, -0.2) is 11.4 Å². The second kappa shape index (κ2) is 3.39. The molecule has 0 spiro atoms. The van der Waals surface area contributed by atoms with Crippen molar-refractivity contribution in [3.63, 3.8) is 0 Å². The van der Waals surface area contributed by atoms with Gasteiger partial charge in [-0.15, -0.1) is 0 Å². The lowest BCUT2D eigenvalue weighted by Gasteiger charge is -1.97. The SMILES string of the molecule is O=CCc1ccc(O)c(Cl)c1. The molecule has 0 aromatic heterocycles. The van der Waals surface area contributed by atoms with Gasteiger partial charge in [0, 0.05) is 6.42 Å². The normalized spacial score (nSPS) is 9.55. The molecule has 2 nitrogen and oxygen atoms in total. The molecule has 0 aliphatic rings. The molecule has 3 heteroatoms. The summed E-state index contributed by atoms with van der Waals surface area (Å²) in [5.74, 6) is 0.0429. The molecule has 1 N–H and O–H groups in total. The predicted octanol–water partition coefficient (Wildman–Crippen LogP) is 1.79. The Bertz CT molecular complexity index is 271. The van der Waals surface area contributed by atoms with Crippen LogP contribution in [0.2, 0.25) is 5.02 Å². The van der Waals surface area contributed by atoms with Gasteiger partial charge in [-0.1, -0.05) is 17.7 Å². The van der Waals surface area contributed by atoms with E-state index in [1.54, 1.807) is 12.1 Å². The van der Waals surface area contributed by atoms with E-state index in [1.807, 2.05) is 0 Å². The molecule has 0 saturated heterocycles. The van der Waals surface area contributed by atoms with Crippen molar-refractivity contribution in [2.45, 2.75) is 6.42 Å². The van der Waals surface area contributed by atoms with Gasteiger partial charge in [0.05, 0.1) is 5.02 Å². The number of phenolic OH excluding ortho intramolecular Hbond substituents is 1. The summed E-state index contributed by atoms with van der Waals surface area (Å²) < 4.78 is 0. The molecule has 0 aliphatic carbocycles. The van der Waals surface area contributed by atoms with Gasteiger partial charge in [-0.05, 0) is 17.7 Å². The second-order valence-electron chi connectivity index (χ2n) is 2.16. The number of aromatic hydroxyl groups is 1. The van der Waals surface area contributed by atoms with Crippen molar-refractivity contribution in [3.05, 3.63) is 28.8 Å². The van der Waals surface area contributed by atoms with E-state index in [9.17, 15) is 4.79 Å². The molecule has 1 rings (SSSR count). The summed E-state index contributed by atoms with van der Waals surface area (Å²) >= 11 is 5.58. The molecule has 1 aromatic carbocycles. The van der Waals surface area contributed by atoms with Crippen LogP contribution in [0.3, 0.4) is 0 Å². The fourth-order valence-electron chi connectivity index (χ4n) is 0.774. The van der Waals surface area contributed by atoms with Crippen molar-refractivity contribution in [2.75, 3.05) is 0 Å². The van der Waals surface area contributed by atoms with Gasteiger partial charge in [-0.3, -0.25) is 0 Å². The molecule has 0 heterocycles. The highest BCUT2D eigenvalue weighted by Gasteiger charge is 1.98. The molecule has 0 fully saturated rings. The number of halogens is 1. The van der Waals surface area contributed by atoms with E-state index in [2.05, 4.69) is 0 Å². The highest BCUT2D eigenvalue weighted by molar-refractivity contribution is 6.32. The number of carbonyl (C=O) groups is 1. The Balaban J connectivity index is 2.95. The summed E-state index contributed by atoms with van der Waals surface area (Å²) in [5.41, 5.74) is 0.808. The van der Waals surface area contributed by atoms with Crippen molar-refractivity contribution in [3.8, 4) is 5.75 Å². The first-order chi connectivity index (χ1) is 5.24. The summed E-state index contributed by atoms with van der Waals surface area (Å²) in [4.78, 5) is 10.1. The lowest BCUT2D eigenvalue weighted by molar-refractivity contribution is -0.107. The third-order valence-corrected chi connectivity index (χ3v) is 1.63. The van der Waals surface area contributed by atoms with Crippen LogP contribution in [0.25, 0.3) is 0 Å². The minimum absolute atomic E-state index is 0.0429. The van der Waals surface area contributed by atoms with Gasteiger partial charge in [-0.25, -0.2) is 0 Å². The van der Waals surface area contributed by atoms with Crippen LogP contribution in [-0.2, 0) is 11.2 Å². The molecule has 0 saturated carbocycles. The maximum atomic E-state index is 10.1. The number of aldehydes is 1. The molecule has 11 heavy (non-hydrogen) atoms. The smallest absolute Gasteiger partial charge is 0.134 e. The maximum absolute atomic E-state index is 10.1. The fourth-order valence-corrected chi connectivity index (χ4v) is 0.977. The first-order valence-electron chi connectivity index (χ1n) is 3.15. The Morgan fingerprint density at radius 3 is 2.82 bits per heavy atom. The molecular weight excluding hydrogens is 164 g/mol. The average Bonchev–Trinajstić information content (AvgIpc) is 1.98. The third kappa shape index (κ3) is 1.95. The predicted molar refractivity (Wildman–Crippen MR) is 42.9 cm³/mol. The third-order valence-electron chi connectivity index (χ3n) is 1.33. The summed E-state index contributed by atoms with van der Waals surface area (Å²) in [7, 11) is 0. The standard InChI is InChI=1S/C8H7ClO2/c9-7-5-6(3-4-10)1-2-8(7)11/h1-2,4-5,11H,3H2. The van der Waals surface area contributed by atoms with Crippen LogP contribution in [0.5, 0.6) is 5.75 Å². The van der Waals surface area contributed by atoms with Crippen LogP contribution >= 0.6 is 11.6 Å². The summed E-state index contributed by atoms with van der Waals surface area (Å²) in [6, 6.07) is 4.71. The van der Waals surface area contributed by atoms with E-state index in [4.69, 9.17) is 16.7 Å². The molecule has 0 bridgehead atoms. The van der Waals surface area contributed by atoms with Gasteiger partial charge >= 0.3 is 0 Å². The van der Waals surface area contributed by atoms with E-state index >= 15 is 0 Å². The van der Waals surface area contributed by atoms with Crippen molar-refractivity contribution in [1.82, 2.24) is 0 Å². The summed E-state index contributed by atoms with van der Waals surface area (Å²) in [6.07, 6.45) is 1.13. The van der Waals surface area contributed by atoms with Crippen molar-refractivity contribution >= 4 is 17.9 Å². The van der Waals surface area contributed by atoms with E-state index < -0.39 is 0 Å². The molecule has 0 atom stereocenters. The Hall–Kier alpha value is -1.02. The zero-order chi connectivity index (χ0) is 8.27. The van der Waals surface area contributed by atoms with E-state index in [0.29, 0.717) is 6.42 Å². The maximum Gasteiger partial charge on any atom is 0.134 e. The van der Waals surface area contributed by atoms with Gasteiger partial charge in [0.15, 0.2) is 0 Å². The second-order valence-corrected chi connectivity index (χ2v) is 2.56. The van der Waals surface area contributed by atoms with E-state index in [1.165, 1.54) is 6.07 Å². The molecule has 1 aromatic rings. The summed E-state index contributed by atoms with van der Waals surface area (Å²) in [5, 5.41) is 9.27. The number of phenols is 1. The van der Waals surface area contributed by atoms with Crippen LogP contribution in [0.1, 0.15) is 5.56 Å². The Morgan fingerprint density at radius 1 is 1.55 bits per heavy atom. The summed E-state index contributed by atoms with van der Waals surface area (Å²) in [6.45, 7) is 0. The molecule has 0 unspecified atom stereocenters. The van der Waals surface area contributed by atoms with Gasteiger partial charge in [0.25, 0.3) is 0 Å². The number of benzene rings is 1. The molecule has 0 aliphatic heterocycles. The highest BCUT2D eigenvalue weighted by Crippen LogP contribution is 2.23. The molecular formula is C8H7ClO2. The minimum Gasteiger partial charge on any atom is -0.506 e. The Morgan fingerprint density at radius 2 is 2.27 bits per heavy atom. The van der Waals surface area contributed by atoms with Crippen molar-refractivity contribution < 1.29 is 9.90 Å². The first kappa shape index (κ1) is 8.08. The van der Waals surface area contributed by atoms with Crippen molar-refractivity contribution in [1.29, 1.82) is 0 Å². The lowest BCUT2D eigenvalue weighted by Crippen LogP contribution is -1.84. The van der Waals surface area contributed by atoms with Crippen LogP contribution in [0, 0.1) is 0 Å². The topological polar surface area (TPSA) is 37.3 Å². The largest absolute Gasteiger partial charge is 0.506 e. The number of hydrogen-bond donors (Lipinski definition) is 1. The number of carbonyl (C=O) groups excluding carboxylic acids is 1. The first-order valence-corrected chi connectivity index (χ1v) is 3.53. The Labute approximate surface area is 69.4 Å².